The molecule has 0 unspecified atom stereocenters. The van der Waals surface area contributed by atoms with Crippen molar-refractivity contribution in [1.29, 1.82) is 0 Å². The molecule has 124 valence electrons. The number of amides is 2. The van der Waals surface area contributed by atoms with Crippen LogP contribution in [0, 0.1) is 0 Å². The monoisotopic (exact) mass is 335 g/mol. The molecule has 5 nitrogen and oxygen atoms in total. The molecule has 0 spiro atoms. The first-order valence-electron chi connectivity index (χ1n) is 8.19. The number of halogens is 1. The summed E-state index contributed by atoms with van der Waals surface area (Å²) in [5, 5.41) is 3.38. The fraction of sp³-hybridized carbons (Fsp3) is 0.529. The van der Waals surface area contributed by atoms with Crippen molar-refractivity contribution in [2.24, 2.45) is 0 Å². The van der Waals surface area contributed by atoms with Crippen LogP contribution in [0.2, 0.25) is 5.02 Å². The van der Waals surface area contributed by atoms with Crippen LogP contribution in [-0.2, 0) is 4.79 Å². The van der Waals surface area contributed by atoms with Gasteiger partial charge in [0.2, 0.25) is 5.91 Å². The molecule has 2 fully saturated rings. The van der Waals surface area contributed by atoms with Gasteiger partial charge in [-0.3, -0.25) is 14.5 Å². The van der Waals surface area contributed by atoms with Gasteiger partial charge in [-0.05, 0) is 37.1 Å². The summed E-state index contributed by atoms with van der Waals surface area (Å²) in [5.41, 5.74) is 0.555. The SMILES string of the molecule is O=C(NCCC(=O)N1CCN(C2CC2)CC1)c1ccc(Cl)cc1. The average molecular weight is 336 g/mol. The molecule has 1 aliphatic heterocycles. The molecule has 0 bridgehead atoms. The Morgan fingerprint density at radius 1 is 1.09 bits per heavy atom. The summed E-state index contributed by atoms with van der Waals surface area (Å²) < 4.78 is 0. The van der Waals surface area contributed by atoms with E-state index in [1.165, 1.54) is 12.8 Å². The van der Waals surface area contributed by atoms with E-state index in [0.717, 1.165) is 32.2 Å². The molecule has 0 aromatic heterocycles. The van der Waals surface area contributed by atoms with Crippen molar-refractivity contribution in [3.8, 4) is 0 Å². The Kier molecular flexibility index (Phi) is 5.18. The number of nitrogens with zero attached hydrogens (tertiary/aromatic N) is 2. The van der Waals surface area contributed by atoms with Crippen molar-refractivity contribution in [2.75, 3.05) is 32.7 Å². The van der Waals surface area contributed by atoms with Crippen molar-refractivity contribution < 1.29 is 9.59 Å². The number of nitrogens with one attached hydrogen (secondary N) is 1. The Bertz CT molecular complexity index is 564. The fourth-order valence-electron chi connectivity index (χ4n) is 2.92. The number of piperazine rings is 1. The zero-order valence-corrected chi connectivity index (χ0v) is 13.9. The van der Waals surface area contributed by atoms with Crippen LogP contribution in [0.3, 0.4) is 0 Å². The van der Waals surface area contributed by atoms with E-state index in [9.17, 15) is 9.59 Å². The molecular formula is C17H22ClN3O2. The Morgan fingerprint density at radius 2 is 1.74 bits per heavy atom. The van der Waals surface area contributed by atoms with E-state index in [1.807, 2.05) is 4.90 Å². The van der Waals surface area contributed by atoms with Gasteiger partial charge < -0.3 is 10.2 Å². The first-order chi connectivity index (χ1) is 11.1. The highest BCUT2D eigenvalue weighted by Crippen LogP contribution is 2.27. The van der Waals surface area contributed by atoms with Gasteiger partial charge in [0.25, 0.3) is 5.91 Å². The maximum Gasteiger partial charge on any atom is 0.251 e. The van der Waals surface area contributed by atoms with Crippen LogP contribution >= 0.6 is 11.6 Å². The molecule has 1 saturated carbocycles. The number of rotatable bonds is 5. The Morgan fingerprint density at radius 3 is 2.35 bits per heavy atom. The molecule has 1 aromatic rings. The van der Waals surface area contributed by atoms with E-state index in [2.05, 4.69) is 10.2 Å². The van der Waals surface area contributed by atoms with E-state index in [1.54, 1.807) is 24.3 Å². The third-order valence-corrected chi connectivity index (χ3v) is 4.71. The topological polar surface area (TPSA) is 52.7 Å². The number of hydrogen-bond acceptors (Lipinski definition) is 3. The lowest BCUT2D eigenvalue weighted by Crippen LogP contribution is -2.49. The van der Waals surface area contributed by atoms with Crippen LogP contribution in [-0.4, -0.2) is 60.4 Å². The van der Waals surface area contributed by atoms with E-state index >= 15 is 0 Å². The standard InChI is InChI=1S/C17H22ClN3O2/c18-14-3-1-13(2-4-14)17(23)19-8-7-16(22)21-11-9-20(10-12-21)15-5-6-15/h1-4,15H,5-12H2,(H,19,23). The molecule has 0 atom stereocenters. The highest BCUT2D eigenvalue weighted by Gasteiger charge is 2.32. The third kappa shape index (κ3) is 4.45. The fourth-order valence-corrected chi connectivity index (χ4v) is 3.05. The van der Waals surface area contributed by atoms with Gasteiger partial charge in [-0.15, -0.1) is 0 Å². The van der Waals surface area contributed by atoms with Gasteiger partial charge in [0, 0.05) is 55.8 Å². The van der Waals surface area contributed by atoms with Crippen LogP contribution in [0.15, 0.2) is 24.3 Å². The molecule has 1 N–H and O–H groups in total. The van der Waals surface area contributed by atoms with E-state index in [4.69, 9.17) is 11.6 Å². The highest BCUT2D eigenvalue weighted by molar-refractivity contribution is 6.30. The second-order valence-corrected chi connectivity index (χ2v) is 6.60. The quantitative estimate of drug-likeness (QED) is 0.892. The van der Waals surface area contributed by atoms with Gasteiger partial charge >= 0.3 is 0 Å². The van der Waals surface area contributed by atoms with Crippen molar-refractivity contribution >= 4 is 23.4 Å². The first-order valence-corrected chi connectivity index (χ1v) is 8.57. The number of carbonyl (C=O) groups is 2. The molecule has 23 heavy (non-hydrogen) atoms. The molecule has 1 aromatic carbocycles. The summed E-state index contributed by atoms with van der Waals surface area (Å²) in [6.45, 7) is 3.94. The van der Waals surface area contributed by atoms with Crippen LogP contribution < -0.4 is 5.32 Å². The minimum absolute atomic E-state index is 0.122. The zero-order valence-electron chi connectivity index (χ0n) is 13.1. The summed E-state index contributed by atoms with van der Waals surface area (Å²) in [4.78, 5) is 28.5. The second kappa shape index (κ2) is 7.32. The van der Waals surface area contributed by atoms with Gasteiger partial charge in [-0.1, -0.05) is 11.6 Å². The van der Waals surface area contributed by atoms with E-state index in [0.29, 0.717) is 23.6 Å². The number of hydrogen-bond donors (Lipinski definition) is 1. The van der Waals surface area contributed by atoms with Crippen molar-refractivity contribution in [2.45, 2.75) is 25.3 Å². The lowest BCUT2D eigenvalue weighted by atomic mass is 10.2. The Balaban J connectivity index is 1.37. The van der Waals surface area contributed by atoms with Gasteiger partial charge in [-0.2, -0.15) is 0 Å². The molecule has 0 radical (unpaired) electrons. The molecule has 1 aliphatic carbocycles. The minimum atomic E-state index is -0.173. The lowest BCUT2D eigenvalue weighted by Gasteiger charge is -2.34. The molecule has 2 amide bonds. The Hall–Kier alpha value is -1.59. The summed E-state index contributed by atoms with van der Waals surface area (Å²) in [6.07, 6.45) is 2.97. The smallest absolute Gasteiger partial charge is 0.251 e. The molecule has 2 aliphatic rings. The first kappa shape index (κ1) is 16.3. The molecule has 1 heterocycles. The molecule has 6 heteroatoms. The van der Waals surface area contributed by atoms with Crippen molar-refractivity contribution in [3.05, 3.63) is 34.9 Å². The predicted molar refractivity (Wildman–Crippen MR) is 89.6 cm³/mol. The van der Waals surface area contributed by atoms with Crippen LogP contribution in [0.1, 0.15) is 29.6 Å². The minimum Gasteiger partial charge on any atom is -0.352 e. The molecule has 1 saturated heterocycles. The van der Waals surface area contributed by atoms with Crippen molar-refractivity contribution in [1.82, 2.24) is 15.1 Å². The lowest BCUT2D eigenvalue weighted by molar-refractivity contribution is -0.132. The summed E-state index contributed by atoms with van der Waals surface area (Å²) in [6, 6.07) is 7.49. The molecule has 3 rings (SSSR count). The predicted octanol–water partition coefficient (Wildman–Crippen LogP) is 1.77. The highest BCUT2D eigenvalue weighted by atomic mass is 35.5. The average Bonchev–Trinajstić information content (AvgIpc) is 3.40. The van der Waals surface area contributed by atoms with E-state index < -0.39 is 0 Å². The second-order valence-electron chi connectivity index (χ2n) is 6.16. The van der Waals surface area contributed by atoms with E-state index in [-0.39, 0.29) is 11.8 Å². The van der Waals surface area contributed by atoms with Crippen molar-refractivity contribution in [3.63, 3.8) is 0 Å². The zero-order chi connectivity index (χ0) is 16.2. The molecular weight excluding hydrogens is 314 g/mol. The van der Waals surface area contributed by atoms with Gasteiger partial charge in [-0.25, -0.2) is 0 Å². The third-order valence-electron chi connectivity index (χ3n) is 4.46. The number of benzene rings is 1. The van der Waals surface area contributed by atoms with Gasteiger partial charge in [0.15, 0.2) is 0 Å². The number of carbonyl (C=O) groups excluding carboxylic acids is 2. The summed E-state index contributed by atoms with van der Waals surface area (Å²) >= 11 is 5.80. The summed E-state index contributed by atoms with van der Waals surface area (Å²) in [5.74, 6) is -0.0510. The Labute approximate surface area is 141 Å². The normalized spacial score (nSPS) is 18.7. The largest absolute Gasteiger partial charge is 0.352 e. The van der Waals surface area contributed by atoms with Crippen LogP contribution in [0.4, 0.5) is 0 Å². The summed E-state index contributed by atoms with van der Waals surface area (Å²) in [7, 11) is 0. The van der Waals surface area contributed by atoms with Gasteiger partial charge in [0.1, 0.15) is 0 Å². The van der Waals surface area contributed by atoms with Gasteiger partial charge in [0.05, 0.1) is 0 Å². The maximum atomic E-state index is 12.2. The van der Waals surface area contributed by atoms with Crippen LogP contribution in [0.5, 0.6) is 0 Å². The maximum absolute atomic E-state index is 12.2. The van der Waals surface area contributed by atoms with Crippen LogP contribution in [0.25, 0.3) is 0 Å².